The Labute approximate surface area is 180 Å². The quantitative estimate of drug-likeness (QED) is 0.356. The molecular weight excluding hydrogens is 471 g/mol. The van der Waals surface area contributed by atoms with E-state index in [0.29, 0.717) is 12.1 Å². The van der Waals surface area contributed by atoms with Gasteiger partial charge in [0.05, 0.1) is 11.2 Å². The molecule has 2 aromatic rings. The summed E-state index contributed by atoms with van der Waals surface area (Å²) in [5.41, 5.74) is -3.20. The Balaban J connectivity index is 1.97. The summed E-state index contributed by atoms with van der Waals surface area (Å²) in [6.07, 6.45) is 1.18. The Morgan fingerprint density at radius 3 is 2.12 bits per heavy atom. The molecule has 0 aliphatic carbocycles. The molecule has 1 aliphatic heterocycles. The van der Waals surface area contributed by atoms with Crippen molar-refractivity contribution in [1.29, 1.82) is 0 Å². The molecule has 1 aromatic heterocycles. The first-order chi connectivity index (χ1) is 14.8. The van der Waals surface area contributed by atoms with E-state index in [1.807, 2.05) is 0 Å². The molecule has 5 N–H and O–H groups in total. The summed E-state index contributed by atoms with van der Waals surface area (Å²) >= 11 is 0. The molecule has 1 saturated heterocycles. The molecule has 1 aliphatic rings. The van der Waals surface area contributed by atoms with Gasteiger partial charge >= 0.3 is 21.2 Å². The number of rotatable bonds is 6. The molecule has 0 radical (unpaired) electrons. The molecule has 0 bridgehead atoms. The van der Waals surface area contributed by atoms with E-state index in [9.17, 15) is 47.8 Å². The van der Waals surface area contributed by atoms with Crippen LogP contribution >= 0.6 is 15.2 Å². The van der Waals surface area contributed by atoms with Crippen molar-refractivity contribution in [1.82, 2.24) is 9.47 Å². The van der Waals surface area contributed by atoms with E-state index in [4.69, 9.17) is 0 Å². The summed E-state index contributed by atoms with van der Waals surface area (Å²) in [4.78, 5) is 63.8. The second-order valence-electron chi connectivity index (χ2n) is 7.33. The van der Waals surface area contributed by atoms with Crippen LogP contribution in [0.3, 0.4) is 0 Å². The average molecular weight is 493 g/mol. The molecule has 32 heavy (non-hydrogen) atoms. The smallest absolute Gasteiger partial charge is 0.354 e. The van der Waals surface area contributed by atoms with Crippen LogP contribution in [0.2, 0.25) is 0 Å². The molecule has 0 amide bonds. The number of carbonyl (C=O) groups is 1. The lowest BCUT2D eigenvalue weighted by Gasteiger charge is -2.40. The third-order valence-electron chi connectivity index (χ3n) is 5.30. The van der Waals surface area contributed by atoms with Crippen LogP contribution in [-0.4, -0.2) is 71.8 Å². The van der Waals surface area contributed by atoms with Gasteiger partial charge in [0.15, 0.2) is 0 Å². The van der Waals surface area contributed by atoms with E-state index in [-0.39, 0.29) is 37.3 Å². The maximum absolute atomic E-state index is 14.9. The zero-order valence-corrected chi connectivity index (χ0v) is 18.6. The fourth-order valence-electron chi connectivity index (χ4n) is 3.87. The minimum Gasteiger partial charge on any atom is -0.477 e. The summed E-state index contributed by atoms with van der Waals surface area (Å²) in [5, 5.41) is 9.12. The summed E-state index contributed by atoms with van der Waals surface area (Å²) in [6, 6.07) is 2.34. The molecule has 0 unspecified atom stereocenters. The van der Waals surface area contributed by atoms with Crippen LogP contribution in [0.15, 0.2) is 23.1 Å². The topological polar surface area (TPSA) is 181 Å². The van der Waals surface area contributed by atoms with E-state index in [1.54, 1.807) is 6.92 Å². The number of aromatic carboxylic acids is 1. The number of piperazine rings is 1. The van der Waals surface area contributed by atoms with Crippen LogP contribution in [0.1, 0.15) is 17.3 Å². The number of nitrogens with zero attached hydrogens (tertiary/aromatic N) is 3. The van der Waals surface area contributed by atoms with Crippen molar-refractivity contribution in [3.05, 3.63) is 39.9 Å². The number of benzene rings is 1. The highest BCUT2D eigenvalue weighted by Crippen LogP contribution is 2.61. The number of hydrogen-bond acceptors (Lipinski definition) is 6. The van der Waals surface area contributed by atoms with Crippen molar-refractivity contribution in [3.8, 4) is 0 Å². The molecule has 0 atom stereocenters. The lowest BCUT2D eigenvalue weighted by molar-refractivity contribution is 0.0694. The first-order valence-corrected chi connectivity index (χ1v) is 12.8. The molecule has 0 spiro atoms. The van der Waals surface area contributed by atoms with E-state index >= 15 is 0 Å². The number of aromatic nitrogens is 1. The van der Waals surface area contributed by atoms with Gasteiger partial charge < -0.3 is 34.1 Å². The van der Waals surface area contributed by atoms with Gasteiger partial charge in [-0.25, -0.2) is 9.18 Å². The van der Waals surface area contributed by atoms with E-state index in [1.165, 1.54) is 21.7 Å². The van der Waals surface area contributed by atoms with Crippen molar-refractivity contribution >= 4 is 37.8 Å². The lowest BCUT2D eigenvalue weighted by atomic mass is 10.1. The second kappa shape index (κ2) is 8.68. The number of aryl methyl sites for hydroxylation is 1. The first kappa shape index (κ1) is 24.5. The van der Waals surface area contributed by atoms with E-state index in [0.717, 1.165) is 11.0 Å². The van der Waals surface area contributed by atoms with Crippen LogP contribution in [-0.2, 0) is 15.7 Å². The summed E-state index contributed by atoms with van der Waals surface area (Å²) in [7, 11) is -10.3. The van der Waals surface area contributed by atoms with Gasteiger partial charge in [-0.3, -0.25) is 18.8 Å². The van der Waals surface area contributed by atoms with Crippen LogP contribution in [0, 0.1) is 5.82 Å². The van der Waals surface area contributed by atoms with Gasteiger partial charge in [0, 0.05) is 44.3 Å². The number of halogens is 1. The Morgan fingerprint density at radius 1 is 1.09 bits per heavy atom. The van der Waals surface area contributed by atoms with Crippen molar-refractivity contribution in [3.63, 3.8) is 0 Å². The molecule has 12 nitrogen and oxygen atoms in total. The monoisotopic (exact) mass is 493 g/mol. The SMILES string of the molecule is CCn1cc(C(=O)O)c(=O)c2cc(F)c(N3CCN(C(P(=O)(O)O)P(=O)(O)O)CC3)cc21. The largest absolute Gasteiger partial charge is 0.477 e. The van der Waals surface area contributed by atoms with Gasteiger partial charge in [-0.05, 0) is 19.1 Å². The molecule has 1 aromatic carbocycles. The lowest BCUT2D eigenvalue weighted by Crippen LogP contribution is -2.50. The van der Waals surface area contributed by atoms with E-state index < -0.39 is 43.5 Å². The van der Waals surface area contributed by atoms with Crippen molar-refractivity contribution in [2.24, 2.45) is 0 Å². The Bertz CT molecular complexity index is 1190. The van der Waals surface area contributed by atoms with Crippen molar-refractivity contribution in [2.45, 2.75) is 19.0 Å². The summed E-state index contributed by atoms with van der Waals surface area (Å²) in [5.74, 6) is -2.22. The molecular formula is C17H22FN3O9P2. The standard InChI is InChI=1S/C17H22FN3O9P2/c1-2-19-9-11(16(23)24)15(22)10-7-12(18)14(8-13(10)19)20-3-5-21(6-4-20)17(31(25,26)27)32(28,29)30/h7-9,17H,2-6H2,1H3,(H,23,24)(H2,25,26,27)(H2,28,29,30). The third kappa shape index (κ3) is 4.65. The average Bonchev–Trinajstić information content (AvgIpc) is 2.66. The van der Waals surface area contributed by atoms with E-state index in [2.05, 4.69) is 0 Å². The molecule has 15 heteroatoms. The first-order valence-electron chi connectivity index (χ1n) is 9.45. The van der Waals surface area contributed by atoms with Crippen LogP contribution < -0.4 is 10.3 Å². The number of carboxylic acids is 1. The fourth-order valence-corrected chi connectivity index (χ4v) is 6.75. The Morgan fingerprint density at radius 2 is 1.66 bits per heavy atom. The van der Waals surface area contributed by atoms with Gasteiger partial charge in [-0.1, -0.05) is 0 Å². The van der Waals surface area contributed by atoms with Crippen molar-refractivity contribution < 1.29 is 43.0 Å². The molecule has 3 rings (SSSR count). The summed E-state index contributed by atoms with van der Waals surface area (Å²) < 4.78 is 39.6. The normalized spacial score (nSPS) is 16.2. The molecule has 1 fully saturated rings. The van der Waals surface area contributed by atoms with Crippen LogP contribution in [0.4, 0.5) is 10.1 Å². The predicted molar refractivity (Wildman–Crippen MR) is 112 cm³/mol. The molecule has 2 heterocycles. The van der Waals surface area contributed by atoms with Crippen LogP contribution in [0.25, 0.3) is 10.9 Å². The highest BCUT2D eigenvalue weighted by atomic mass is 31.2. The predicted octanol–water partition coefficient (Wildman–Crippen LogP) is 0.620. The molecule has 176 valence electrons. The minimum atomic E-state index is -5.14. The third-order valence-corrected chi connectivity index (χ3v) is 8.96. The Hall–Kier alpha value is -2.11. The second-order valence-corrected chi connectivity index (χ2v) is 11.1. The number of carboxylic acid groups (broad SMARTS) is 1. The number of anilines is 1. The number of fused-ring (bicyclic) bond motifs is 1. The van der Waals surface area contributed by atoms with Gasteiger partial charge in [-0.2, -0.15) is 0 Å². The molecule has 0 saturated carbocycles. The van der Waals surface area contributed by atoms with Gasteiger partial charge in [-0.15, -0.1) is 0 Å². The highest BCUT2D eigenvalue weighted by Gasteiger charge is 2.48. The number of pyridine rings is 1. The highest BCUT2D eigenvalue weighted by molar-refractivity contribution is 7.70. The zero-order valence-electron chi connectivity index (χ0n) is 16.8. The zero-order chi connectivity index (χ0) is 24.0. The van der Waals surface area contributed by atoms with Gasteiger partial charge in [0.2, 0.25) is 11.0 Å². The summed E-state index contributed by atoms with van der Waals surface area (Å²) in [6.45, 7) is 1.72. The van der Waals surface area contributed by atoms with Crippen molar-refractivity contribution in [2.75, 3.05) is 31.1 Å². The van der Waals surface area contributed by atoms with Gasteiger partial charge in [0.1, 0.15) is 11.4 Å². The number of hydrogen-bond donors (Lipinski definition) is 5. The van der Waals surface area contributed by atoms with Crippen LogP contribution in [0.5, 0.6) is 0 Å². The minimum absolute atomic E-state index is 0.00247. The maximum Gasteiger partial charge on any atom is 0.354 e. The fraction of sp³-hybridized carbons (Fsp3) is 0.412. The van der Waals surface area contributed by atoms with Gasteiger partial charge in [0.25, 0.3) is 0 Å². The maximum atomic E-state index is 14.9. The Kier molecular flexibility index (Phi) is 6.65.